The molecule has 0 unspecified atom stereocenters. The van der Waals surface area contributed by atoms with Crippen LogP contribution in [0.5, 0.6) is 0 Å². The monoisotopic (exact) mass is 196 g/mol. The van der Waals surface area contributed by atoms with Gasteiger partial charge in [0.2, 0.25) is 0 Å². The van der Waals surface area contributed by atoms with E-state index < -0.39 is 9.24 Å². The predicted molar refractivity (Wildman–Crippen MR) is 42.2 cm³/mol. The molecule has 0 radical (unpaired) electrons. The van der Waals surface area contributed by atoms with E-state index in [1.807, 2.05) is 6.07 Å². The Balaban J connectivity index is 4.28. The SMILES string of the molecule is C[C@H](CC#N)N(C)S(=O)(=O)Cl. The van der Waals surface area contributed by atoms with E-state index in [1.165, 1.54) is 7.05 Å². The molecule has 4 nitrogen and oxygen atoms in total. The summed E-state index contributed by atoms with van der Waals surface area (Å²) in [7, 11) is 2.67. The molecule has 0 heterocycles. The summed E-state index contributed by atoms with van der Waals surface area (Å²) in [6, 6.07) is 1.48. The second-order valence-electron chi connectivity index (χ2n) is 2.17. The van der Waals surface area contributed by atoms with Crippen LogP contribution in [0, 0.1) is 11.3 Å². The predicted octanol–water partition coefficient (Wildman–Crippen LogP) is 0.704. The van der Waals surface area contributed by atoms with Crippen molar-refractivity contribution in [1.29, 1.82) is 5.26 Å². The van der Waals surface area contributed by atoms with Gasteiger partial charge in [-0.3, -0.25) is 0 Å². The van der Waals surface area contributed by atoms with Crippen LogP contribution < -0.4 is 0 Å². The van der Waals surface area contributed by atoms with Gasteiger partial charge in [-0.1, -0.05) is 0 Å². The minimum Gasteiger partial charge on any atom is -0.198 e. The Bertz CT molecular complexity index is 256. The van der Waals surface area contributed by atoms with Crippen LogP contribution in [0.4, 0.5) is 0 Å². The summed E-state index contributed by atoms with van der Waals surface area (Å²) in [4.78, 5) is 0. The molecule has 6 heteroatoms. The van der Waals surface area contributed by atoms with Gasteiger partial charge in [0, 0.05) is 23.8 Å². The van der Waals surface area contributed by atoms with Crippen molar-refractivity contribution in [3.05, 3.63) is 0 Å². The molecule has 1 atom stereocenters. The molecule has 0 spiro atoms. The summed E-state index contributed by atoms with van der Waals surface area (Å²) in [6.07, 6.45) is 0.141. The Hall–Kier alpha value is -0.310. The van der Waals surface area contributed by atoms with Gasteiger partial charge in [0.15, 0.2) is 0 Å². The van der Waals surface area contributed by atoms with Gasteiger partial charge < -0.3 is 0 Å². The molecule has 0 saturated heterocycles. The van der Waals surface area contributed by atoms with Crippen molar-refractivity contribution in [2.45, 2.75) is 19.4 Å². The van der Waals surface area contributed by atoms with E-state index in [-0.39, 0.29) is 12.5 Å². The third-order valence-electron chi connectivity index (χ3n) is 1.35. The molecular formula is C5H9ClN2O2S. The lowest BCUT2D eigenvalue weighted by atomic mass is 10.3. The largest absolute Gasteiger partial charge is 0.299 e. The zero-order chi connectivity index (χ0) is 9.07. The van der Waals surface area contributed by atoms with Gasteiger partial charge in [0.05, 0.1) is 12.5 Å². The second-order valence-corrected chi connectivity index (χ2v) is 4.74. The van der Waals surface area contributed by atoms with Gasteiger partial charge in [-0.15, -0.1) is 0 Å². The minimum atomic E-state index is -3.67. The van der Waals surface area contributed by atoms with E-state index >= 15 is 0 Å². The van der Waals surface area contributed by atoms with Gasteiger partial charge in [-0.05, 0) is 6.92 Å². The van der Waals surface area contributed by atoms with E-state index in [9.17, 15) is 8.42 Å². The van der Waals surface area contributed by atoms with Gasteiger partial charge in [-0.2, -0.15) is 18.0 Å². The van der Waals surface area contributed by atoms with Crippen LogP contribution in [0.25, 0.3) is 0 Å². The quantitative estimate of drug-likeness (QED) is 0.625. The average molecular weight is 197 g/mol. The summed E-state index contributed by atoms with van der Waals surface area (Å²) < 4.78 is 22.2. The Kier molecular flexibility index (Phi) is 3.79. The van der Waals surface area contributed by atoms with Crippen LogP contribution >= 0.6 is 10.7 Å². The number of hydrogen-bond acceptors (Lipinski definition) is 3. The first-order valence-electron chi connectivity index (χ1n) is 2.94. The minimum absolute atomic E-state index is 0.141. The summed E-state index contributed by atoms with van der Waals surface area (Å²) in [5, 5.41) is 8.24. The first-order chi connectivity index (χ1) is 4.89. The molecule has 0 aromatic rings. The number of rotatable bonds is 3. The number of nitrogens with zero attached hydrogens (tertiary/aromatic N) is 2. The maximum absolute atomic E-state index is 10.6. The smallest absolute Gasteiger partial charge is 0.198 e. The molecule has 11 heavy (non-hydrogen) atoms. The van der Waals surface area contributed by atoms with Crippen LogP contribution in [-0.2, 0) is 9.24 Å². The lowest BCUT2D eigenvalue weighted by molar-refractivity contribution is 0.402. The second kappa shape index (κ2) is 3.90. The molecule has 0 aromatic heterocycles. The standard InChI is InChI=1S/C5H9ClN2O2S/c1-5(3-4-7)8(2)11(6,9)10/h5H,3H2,1-2H3/t5-/m1/s1. The van der Waals surface area contributed by atoms with Crippen molar-refractivity contribution >= 4 is 19.9 Å². The van der Waals surface area contributed by atoms with Crippen molar-refractivity contribution < 1.29 is 8.42 Å². The molecule has 0 saturated carbocycles. The molecule has 0 bridgehead atoms. The maximum atomic E-state index is 10.6. The first-order valence-corrected chi connectivity index (χ1v) is 5.20. The highest BCUT2D eigenvalue weighted by atomic mass is 35.7. The Labute approximate surface area is 70.9 Å². The van der Waals surface area contributed by atoms with Gasteiger partial charge >= 0.3 is 0 Å². The third-order valence-corrected chi connectivity index (χ3v) is 3.05. The van der Waals surface area contributed by atoms with Crippen LogP contribution in [0.15, 0.2) is 0 Å². The maximum Gasteiger partial charge on any atom is 0.299 e. The summed E-state index contributed by atoms with van der Waals surface area (Å²) in [5.74, 6) is 0. The molecule has 0 aliphatic rings. The fraction of sp³-hybridized carbons (Fsp3) is 0.800. The molecule has 0 amide bonds. The number of hydrogen-bond donors (Lipinski definition) is 0. The third kappa shape index (κ3) is 3.56. The summed E-state index contributed by atoms with van der Waals surface area (Å²) in [6.45, 7) is 1.61. The van der Waals surface area contributed by atoms with Crippen LogP contribution in [0.2, 0.25) is 0 Å². The molecule has 0 aliphatic carbocycles. The van der Waals surface area contributed by atoms with Crippen molar-refractivity contribution in [2.75, 3.05) is 7.05 Å². The van der Waals surface area contributed by atoms with Crippen LogP contribution in [0.3, 0.4) is 0 Å². The highest BCUT2D eigenvalue weighted by Gasteiger charge is 2.19. The van der Waals surface area contributed by atoms with E-state index in [0.29, 0.717) is 0 Å². The van der Waals surface area contributed by atoms with Gasteiger partial charge in [0.1, 0.15) is 0 Å². The summed E-state index contributed by atoms with van der Waals surface area (Å²) in [5.41, 5.74) is 0. The molecule has 64 valence electrons. The zero-order valence-corrected chi connectivity index (χ0v) is 7.85. The molecule has 0 rings (SSSR count). The van der Waals surface area contributed by atoms with E-state index in [1.54, 1.807) is 6.92 Å². The number of halogens is 1. The van der Waals surface area contributed by atoms with Crippen molar-refractivity contribution in [3.8, 4) is 6.07 Å². The highest BCUT2D eigenvalue weighted by Crippen LogP contribution is 2.09. The number of nitriles is 1. The lowest BCUT2D eigenvalue weighted by Crippen LogP contribution is -2.31. The Morgan fingerprint density at radius 3 is 2.45 bits per heavy atom. The molecular weight excluding hydrogens is 188 g/mol. The summed E-state index contributed by atoms with van der Waals surface area (Å²) >= 11 is 0. The fourth-order valence-corrected chi connectivity index (χ4v) is 1.39. The van der Waals surface area contributed by atoms with Crippen LogP contribution in [-0.4, -0.2) is 25.8 Å². The molecule has 0 fully saturated rings. The van der Waals surface area contributed by atoms with E-state index in [2.05, 4.69) is 0 Å². The lowest BCUT2D eigenvalue weighted by Gasteiger charge is -2.17. The highest BCUT2D eigenvalue weighted by molar-refractivity contribution is 8.11. The zero-order valence-electron chi connectivity index (χ0n) is 6.28. The van der Waals surface area contributed by atoms with Gasteiger partial charge in [0.25, 0.3) is 9.24 Å². The van der Waals surface area contributed by atoms with Crippen molar-refractivity contribution in [3.63, 3.8) is 0 Å². The Morgan fingerprint density at radius 2 is 2.18 bits per heavy atom. The molecule has 0 N–H and O–H groups in total. The van der Waals surface area contributed by atoms with E-state index in [4.69, 9.17) is 15.9 Å². The fourth-order valence-electron chi connectivity index (χ4n) is 0.476. The first kappa shape index (κ1) is 10.7. The average Bonchev–Trinajstić information content (AvgIpc) is 1.85. The normalized spacial score (nSPS) is 14.5. The molecule has 0 aliphatic heterocycles. The van der Waals surface area contributed by atoms with Crippen LogP contribution in [0.1, 0.15) is 13.3 Å². The molecule has 0 aromatic carbocycles. The topological polar surface area (TPSA) is 61.2 Å². The van der Waals surface area contributed by atoms with Crippen molar-refractivity contribution in [1.82, 2.24) is 4.31 Å². The van der Waals surface area contributed by atoms with Gasteiger partial charge in [-0.25, -0.2) is 0 Å². The van der Waals surface area contributed by atoms with Crippen molar-refractivity contribution in [2.24, 2.45) is 0 Å². The van der Waals surface area contributed by atoms with E-state index in [0.717, 1.165) is 4.31 Å². The Morgan fingerprint density at radius 1 is 1.73 bits per heavy atom.